The molecule has 1 aromatic heterocycles. The van der Waals surface area contributed by atoms with E-state index in [1.165, 1.54) is 0 Å². The minimum Gasteiger partial charge on any atom is -0.476 e. The lowest BCUT2D eigenvalue weighted by Crippen LogP contribution is -2.47. The highest BCUT2D eigenvalue weighted by molar-refractivity contribution is 5.85. The molecule has 3 aromatic rings. The predicted octanol–water partition coefficient (Wildman–Crippen LogP) is 4.96. The topological polar surface area (TPSA) is 103 Å². The Kier molecular flexibility index (Phi) is 8.85. The van der Waals surface area contributed by atoms with Gasteiger partial charge in [0.05, 0.1) is 24.3 Å². The number of carboxylic acids is 1. The molecule has 0 aliphatic heterocycles. The van der Waals surface area contributed by atoms with Gasteiger partial charge >= 0.3 is 12.1 Å². The molecule has 39 heavy (non-hydrogen) atoms. The van der Waals surface area contributed by atoms with E-state index in [2.05, 4.69) is 10.4 Å². The summed E-state index contributed by atoms with van der Waals surface area (Å²) < 4.78 is 65.2. The van der Waals surface area contributed by atoms with E-state index in [0.29, 0.717) is 19.1 Å². The molecule has 1 aliphatic rings. The first kappa shape index (κ1) is 28.1. The number of carboxylic acid groups (broad SMARTS) is 1. The van der Waals surface area contributed by atoms with Crippen LogP contribution in [0, 0.1) is 5.82 Å². The van der Waals surface area contributed by atoms with Crippen molar-refractivity contribution in [2.45, 2.75) is 63.8 Å². The molecular weight excluding hydrogens is 522 g/mol. The van der Waals surface area contributed by atoms with Gasteiger partial charge in [0.2, 0.25) is 11.8 Å². The molecule has 208 valence electrons. The molecule has 1 fully saturated rings. The van der Waals surface area contributed by atoms with E-state index in [0.717, 1.165) is 47.7 Å². The predicted molar refractivity (Wildman–Crippen MR) is 130 cm³/mol. The lowest BCUT2D eigenvalue weighted by atomic mass is 9.92. The largest absolute Gasteiger partial charge is 0.476 e. The number of ether oxygens (including phenoxy) is 2. The lowest BCUT2D eigenvalue weighted by molar-refractivity contribution is -0.137. The second-order valence-electron chi connectivity index (χ2n) is 9.22. The van der Waals surface area contributed by atoms with Gasteiger partial charge in [-0.3, -0.25) is 4.79 Å². The van der Waals surface area contributed by atoms with Crippen molar-refractivity contribution in [3.8, 4) is 5.88 Å². The minimum atomic E-state index is -4.70. The SMILES string of the molecule is O=C(Cn1nc(C(=O)O)cc1OCc1ccc(C(F)(F)F)cc1F)N[C@H]1CCCC[C@@H]1OCc1ccccc1. The van der Waals surface area contributed by atoms with Crippen LogP contribution in [0.1, 0.15) is 52.9 Å². The molecule has 1 amide bonds. The molecule has 2 aromatic carbocycles. The molecule has 2 N–H and O–H groups in total. The van der Waals surface area contributed by atoms with Crippen LogP contribution in [0.5, 0.6) is 5.88 Å². The minimum absolute atomic E-state index is 0.151. The number of hydrogen-bond acceptors (Lipinski definition) is 5. The Hall–Kier alpha value is -3.93. The van der Waals surface area contributed by atoms with Crippen molar-refractivity contribution in [2.24, 2.45) is 0 Å². The molecule has 0 saturated heterocycles. The molecule has 12 heteroatoms. The average molecular weight is 550 g/mol. The van der Waals surface area contributed by atoms with Gasteiger partial charge in [-0.15, -0.1) is 0 Å². The highest BCUT2D eigenvalue weighted by atomic mass is 19.4. The summed E-state index contributed by atoms with van der Waals surface area (Å²) in [6.45, 7) is -0.494. The van der Waals surface area contributed by atoms with Crippen LogP contribution in [-0.4, -0.2) is 38.9 Å². The van der Waals surface area contributed by atoms with Gasteiger partial charge in [-0.25, -0.2) is 13.9 Å². The summed E-state index contributed by atoms with van der Waals surface area (Å²) >= 11 is 0. The van der Waals surface area contributed by atoms with Gasteiger partial charge in [0, 0.05) is 11.6 Å². The monoisotopic (exact) mass is 549 g/mol. The van der Waals surface area contributed by atoms with Crippen molar-refractivity contribution in [1.82, 2.24) is 15.1 Å². The molecular formula is C27H27F4N3O5. The number of hydrogen-bond donors (Lipinski definition) is 2. The van der Waals surface area contributed by atoms with E-state index >= 15 is 0 Å². The fraction of sp³-hybridized carbons (Fsp3) is 0.370. The van der Waals surface area contributed by atoms with Crippen molar-refractivity contribution in [3.63, 3.8) is 0 Å². The van der Waals surface area contributed by atoms with Crippen LogP contribution < -0.4 is 10.1 Å². The van der Waals surface area contributed by atoms with E-state index in [1.54, 1.807) is 0 Å². The van der Waals surface area contributed by atoms with Crippen LogP contribution in [0.2, 0.25) is 0 Å². The number of aromatic nitrogens is 2. The number of rotatable bonds is 10. The fourth-order valence-electron chi connectivity index (χ4n) is 4.35. The molecule has 4 rings (SSSR count). The number of nitrogens with zero attached hydrogens (tertiary/aromatic N) is 2. The summed E-state index contributed by atoms with van der Waals surface area (Å²) in [5.74, 6) is -3.12. The van der Waals surface area contributed by atoms with E-state index in [-0.39, 0.29) is 30.1 Å². The average Bonchev–Trinajstić information content (AvgIpc) is 3.30. The Balaban J connectivity index is 1.40. The first-order chi connectivity index (χ1) is 18.6. The van der Waals surface area contributed by atoms with Crippen LogP contribution in [0.3, 0.4) is 0 Å². The first-order valence-corrected chi connectivity index (χ1v) is 12.3. The highest BCUT2D eigenvalue weighted by Gasteiger charge is 2.31. The third kappa shape index (κ3) is 7.56. The zero-order chi connectivity index (χ0) is 28.0. The molecule has 1 saturated carbocycles. The summed E-state index contributed by atoms with van der Waals surface area (Å²) in [7, 11) is 0. The van der Waals surface area contributed by atoms with Gasteiger partial charge in [0.15, 0.2) is 5.69 Å². The van der Waals surface area contributed by atoms with Gasteiger partial charge in [-0.05, 0) is 30.5 Å². The van der Waals surface area contributed by atoms with Crippen LogP contribution in [0.25, 0.3) is 0 Å². The standard InChI is InChI=1S/C27H27F4N3O5/c28-20-12-19(27(29,30)31)11-10-18(20)16-39-25-13-22(26(36)37)33-34(25)14-24(35)32-21-8-4-5-9-23(21)38-15-17-6-2-1-3-7-17/h1-3,6-7,10-13,21,23H,4-5,8-9,14-16H2,(H,32,35)(H,36,37)/t21-,23-/m0/s1. The molecule has 0 radical (unpaired) electrons. The summed E-state index contributed by atoms with van der Waals surface area (Å²) in [4.78, 5) is 24.3. The van der Waals surface area contributed by atoms with Crippen molar-refractivity contribution in [1.29, 1.82) is 0 Å². The van der Waals surface area contributed by atoms with Gasteiger partial charge < -0.3 is 19.9 Å². The molecule has 0 unspecified atom stereocenters. The second-order valence-corrected chi connectivity index (χ2v) is 9.22. The van der Waals surface area contributed by atoms with E-state index in [4.69, 9.17) is 9.47 Å². The second kappa shape index (κ2) is 12.3. The van der Waals surface area contributed by atoms with E-state index in [1.807, 2.05) is 30.3 Å². The summed E-state index contributed by atoms with van der Waals surface area (Å²) in [5.41, 5.74) is -0.727. The van der Waals surface area contributed by atoms with Crippen molar-refractivity contribution in [3.05, 3.63) is 82.8 Å². The number of aromatic carboxylic acids is 1. The summed E-state index contributed by atoms with van der Waals surface area (Å²) in [5, 5.41) is 16.1. The molecule has 2 atom stereocenters. The number of amides is 1. The van der Waals surface area contributed by atoms with Gasteiger partial charge in [-0.2, -0.15) is 18.3 Å². The maximum atomic E-state index is 14.2. The molecule has 8 nitrogen and oxygen atoms in total. The third-order valence-corrected chi connectivity index (χ3v) is 6.37. The van der Waals surface area contributed by atoms with Crippen molar-refractivity contribution >= 4 is 11.9 Å². The highest BCUT2D eigenvalue weighted by Crippen LogP contribution is 2.30. The zero-order valence-electron chi connectivity index (χ0n) is 20.8. The summed E-state index contributed by atoms with van der Waals surface area (Å²) in [6, 6.07) is 12.5. The number of halogens is 4. The Labute approximate surface area is 221 Å². The third-order valence-electron chi connectivity index (χ3n) is 6.37. The Bertz CT molecular complexity index is 1300. The van der Waals surface area contributed by atoms with Crippen LogP contribution in [0.4, 0.5) is 17.6 Å². The number of benzene rings is 2. The maximum absolute atomic E-state index is 14.2. The smallest absolute Gasteiger partial charge is 0.416 e. The first-order valence-electron chi connectivity index (χ1n) is 12.3. The molecule has 0 bridgehead atoms. The van der Waals surface area contributed by atoms with Crippen molar-refractivity contribution in [2.75, 3.05) is 0 Å². The molecule has 0 spiro atoms. The number of carbonyl (C=O) groups is 2. The Morgan fingerprint density at radius 3 is 2.49 bits per heavy atom. The summed E-state index contributed by atoms with van der Waals surface area (Å²) in [6.07, 6.45) is -1.54. The van der Waals surface area contributed by atoms with Gasteiger partial charge in [0.25, 0.3) is 0 Å². The van der Waals surface area contributed by atoms with Crippen LogP contribution in [0.15, 0.2) is 54.6 Å². The van der Waals surface area contributed by atoms with Gasteiger partial charge in [-0.1, -0.05) is 49.2 Å². The van der Waals surface area contributed by atoms with Crippen molar-refractivity contribution < 1.29 is 41.7 Å². The Morgan fingerprint density at radius 1 is 1.05 bits per heavy atom. The van der Waals surface area contributed by atoms with Crippen LogP contribution in [-0.2, 0) is 35.5 Å². The molecule has 1 heterocycles. The number of nitrogens with one attached hydrogen (secondary N) is 1. The van der Waals surface area contributed by atoms with E-state index < -0.39 is 41.7 Å². The van der Waals surface area contributed by atoms with E-state index in [9.17, 15) is 32.3 Å². The lowest BCUT2D eigenvalue weighted by Gasteiger charge is -2.32. The maximum Gasteiger partial charge on any atom is 0.416 e. The normalized spacial score (nSPS) is 17.5. The fourth-order valence-corrected chi connectivity index (χ4v) is 4.35. The quantitative estimate of drug-likeness (QED) is 0.347. The molecule has 1 aliphatic carbocycles. The number of carbonyl (C=O) groups excluding carboxylic acids is 1. The Morgan fingerprint density at radius 2 is 1.79 bits per heavy atom. The number of alkyl halides is 3. The van der Waals surface area contributed by atoms with Crippen LogP contribution >= 0.6 is 0 Å². The van der Waals surface area contributed by atoms with Gasteiger partial charge in [0.1, 0.15) is 19.0 Å². The zero-order valence-corrected chi connectivity index (χ0v) is 20.8.